The van der Waals surface area contributed by atoms with Crippen LogP contribution < -0.4 is 0 Å². The third kappa shape index (κ3) is 3.40. The summed E-state index contributed by atoms with van der Waals surface area (Å²) in [4.78, 5) is 4.36. The average molecular weight is 227 g/mol. The third-order valence-electron chi connectivity index (χ3n) is 2.70. The summed E-state index contributed by atoms with van der Waals surface area (Å²) in [6, 6.07) is 14.5. The summed E-state index contributed by atoms with van der Waals surface area (Å²) in [6.45, 7) is 0.813. The van der Waals surface area contributed by atoms with E-state index in [1.54, 1.807) is 7.11 Å². The number of pyridine rings is 1. The van der Waals surface area contributed by atoms with Crippen LogP contribution in [0.2, 0.25) is 0 Å². The molecule has 17 heavy (non-hydrogen) atoms. The topological polar surface area (TPSA) is 22.1 Å². The van der Waals surface area contributed by atoms with E-state index in [4.69, 9.17) is 4.74 Å². The van der Waals surface area contributed by atoms with Gasteiger partial charge in [0.05, 0.1) is 5.69 Å². The van der Waals surface area contributed by atoms with Crippen LogP contribution in [0.1, 0.15) is 12.0 Å². The van der Waals surface area contributed by atoms with Crippen LogP contribution in [0.4, 0.5) is 0 Å². The Morgan fingerprint density at radius 1 is 1.12 bits per heavy atom. The molecule has 0 radical (unpaired) electrons. The second kappa shape index (κ2) is 6.16. The standard InChI is InChI=1S/C15H17NO/c1-17-11-5-7-13-6-4-8-14(12-13)15-9-2-3-10-16-15/h2-4,6,8-10,12H,5,7,11H2,1H3. The molecule has 0 spiro atoms. The van der Waals surface area contributed by atoms with Crippen LogP contribution in [0.15, 0.2) is 48.7 Å². The average Bonchev–Trinajstić information content (AvgIpc) is 2.41. The van der Waals surface area contributed by atoms with Crippen LogP contribution in [0.5, 0.6) is 0 Å². The summed E-state index contributed by atoms with van der Waals surface area (Å²) in [7, 11) is 1.74. The lowest BCUT2D eigenvalue weighted by Crippen LogP contribution is -1.93. The molecule has 0 N–H and O–H groups in total. The molecule has 2 heteroatoms. The highest BCUT2D eigenvalue weighted by atomic mass is 16.5. The summed E-state index contributed by atoms with van der Waals surface area (Å²) < 4.78 is 5.07. The van der Waals surface area contributed by atoms with E-state index in [9.17, 15) is 0 Å². The van der Waals surface area contributed by atoms with Gasteiger partial charge in [0, 0.05) is 25.5 Å². The highest BCUT2D eigenvalue weighted by Crippen LogP contribution is 2.18. The Hall–Kier alpha value is -1.67. The molecule has 1 heterocycles. The molecule has 0 fully saturated rings. The number of nitrogens with zero attached hydrogens (tertiary/aromatic N) is 1. The molecule has 2 nitrogen and oxygen atoms in total. The van der Waals surface area contributed by atoms with Crippen molar-refractivity contribution in [1.82, 2.24) is 4.98 Å². The van der Waals surface area contributed by atoms with E-state index in [1.165, 1.54) is 11.1 Å². The lowest BCUT2D eigenvalue weighted by Gasteiger charge is -2.04. The van der Waals surface area contributed by atoms with E-state index in [0.29, 0.717) is 0 Å². The van der Waals surface area contributed by atoms with Gasteiger partial charge in [-0.1, -0.05) is 24.3 Å². The maximum absolute atomic E-state index is 5.07. The smallest absolute Gasteiger partial charge is 0.0702 e. The van der Waals surface area contributed by atoms with Gasteiger partial charge in [0.1, 0.15) is 0 Å². The summed E-state index contributed by atoms with van der Waals surface area (Å²) >= 11 is 0. The Balaban J connectivity index is 2.12. The van der Waals surface area contributed by atoms with Crippen molar-refractivity contribution in [2.45, 2.75) is 12.8 Å². The van der Waals surface area contributed by atoms with E-state index in [1.807, 2.05) is 24.4 Å². The number of ether oxygens (including phenoxy) is 1. The van der Waals surface area contributed by atoms with Gasteiger partial charge in [0.25, 0.3) is 0 Å². The Morgan fingerprint density at radius 3 is 2.82 bits per heavy atom. The Bertz CT molecular complexity index is 453. The molecule has 0 aliphatic rings. The molecular formula is C15H17NO. The summed E-state index contributed by atoms with van der Waals surface area (Å²) in [5.41, 5.74) is 3.55. The molecule has 2 rings (SSSR count). The van der Waals surface area contributed by atoms with Crippen LogP contribution in [-0.2, 0) is 11.2 Å². The molecule has 0 aliphatic heterocycles. The molecule has 0 amide bonds. The molecule has 0 saturated carbocycles. The van der Waals surface area contributed by atoms with Crippen LogP contribution in [0.25, 0.3) is 11.3 Å². The van der Waals surface area contributed by atoms with Crippen molar-refractivity contribution in [1.29, 1.82) is 0 Å². The maximum atomic E-state index is 5.07. The second-order valence-electron chi connectivity index (χ2n) is 4.01. The van der Waals surface area contributed by atoms with Crippen molar-refractivity contribution in [3.63, 3.8) is 0 Å². The minimum Gasteiger partial charge on any atom is -0.385 e. The molecular weight excluding hydrogens is 210 g/mol. The predicted molar refractivity (Wildman–Crippen MR) is 69.9 cm³/mol. The molecule has 0 saturated heterocycles. The van der Waals surface area contributed by atoms with Gasteiger partial charge in [-0.2, -0.15) is 0 Å². The lowest BCUT2D eigenvalue weighted by atomic mass is 10.0. The van der Waals surface area contributed by atoms with Crippen molar-refractivity contribution in [2.24, 2.45) is 0 Å². The fraction of sp³-hybridized carbons (Fsp3) is 0.267. The number of benzene rings is 1. The molecule has 88 valence electrons. The highest BCUT2D eigenvalue weighted by Gasteiger charge is 1.99. The normalized spacial score (nSPS) is 10.4. The highest BCUT2D eigenvalue weighted by molar-refractivity contribution is 5.59. The zero-order chi connectivity index (χ0) is 11.9. The van der Waals surface area contributed by atoms with Gasteiger partial charge >= 0.3 is 0 Å². The van der Waals surface area contributed by atoms with E-state index in [2.05, 4.69) is 29.2 Å². The Kier molecular flexibility index (Phi) is 4.28. The van der Waals surface area contributed by atoms with Gasteiger partial charge in [-0.15, -0.1) is 0 Å². The van der Waals surface area contributed by atoms with E-state index >= 15 is 0 Å². The third-order valence-corrected chi connectivity index (χ3v) is 2.70. The van der Waals surface area contributed by atoms with Crippen molar-refractivity contribution in [3.05, 3.63) is 54.2 Å². The van der Waals surface area contributed by atoms with E-state index in [-0.39, 0.29) is 0 Å². The molecule has 2 aromatic rings. The molecule has 0 aliphatic carbocycles. The first kappa shape index (κ1) is 11.8. The quantitative estimate of drug-likeness (QED) is 0.731. The van der Waals surface area contributed by atoms with Crippen LogP contribution in [0, 0.1) is 0 Å². The molecule has 1 aromatic heterocycles. The minimum atomic E-state index is 0.813. The monoisotopic (exact) mass is 227 g/mol. The second-order valence-corrected chi connectivity index (χ2v) is 4.01. The van der Waals surface area contributed by atoms with Gasteiger partial charge in [0.2, 0.25) is 0 Å². The molecule has 0 atom stereocenters. The van der Waals surface area contributed by atoms with Crippen LogP contribution in [0.3, 0.4) is 0 Å². The van der Waals surface area contributed by atoms with Gasteiger partial charge in [0.15, 0.2) is 0 Å². The van der Waals surface area contributed by atoms with Crippen LogP contribution >= 0.6 is 0 Å². The van der Waals surface area contributed by atoms with Gasteiger partial charge in [-0.05, 0) is 36.6 Å². The largest absolute Gasteiger partial charge is 0.385 e. The van der Waals surface area contributed by atoms with E-state index in [0.717, 1.165) is 25.1 Å². The summed E-state index contributed by atoms with van der Waals surface area (Å²) in [5.74, 6) is 0. The number of aryl methyl sites for hydroxylation is 1. The zero-order valence-corrected chi connectivity index (χ0v) is 10.1. The zero-order valence-electron chi connectivity index (χ0n) is 10.1. The maximum Gasteiger partial charge on any atom is 0.0702 e. The summed E-state index contributed by atoms with van der Waals surface area (Å²) in [5, 5.41) is 0. The van der Waals surface area contributed by atoms with Crippen LogP contribution in [-0.4, -0.2) is 18.7 Å². The number of rotatable bonds is 5. The molecule has 1 aromatic carbocycles. The first-order chi connectivity index (χ1) is 8.40. The fourth-order valence-corrected chi connectivity index (χ4v) is 1.84. The number of aromatic nitrogens is 1. The van der Waals surface area contributed by atoms with Crippen molar-refractivity contribution >= 4 is 0 Å². The number of hydrogen-bond acceptors (Lipinski definition) is 2. The number of hydrogen-bond donors (Lipinski definition) is 0. The van der Waals surface area contributed by atoms with Gasteiger partial charge in [-0.25, -0.2) is 0 Å². The molecule has 0 bridgehead atoms. The van der Waals surface area contributed by atoms with E-state index < -0.39 is 0 Å². The van der Waals surface area contributed by atoms with Gasteiger partial charge in [-0.3, -0.25) is 4.98 Å². The molecule has 0 unspecified atom stereocenters. The Morgan fingerprint density at radius 2 is 2.06 bits per heavy atom. The van der Waals surface area contributed by atoms with Crippen molar-refractivity contribution < 1.29 is 4.74 Å². The van der Waals surface area contributed by atoms with Gasteiger partial charge < -0.3 is 4.74 Å². The first-order valence-corrected chi connectivity index (χ1v) is 5.89. The minimum absolute atomic E-state index is 0.813. The predicted octanol–water partition coefficient (Wildman–Crippen LogP) is 3.33. The fourth-order valence-electron chi connectivity index (χ4n) is 1.84. The Labute approximate surface area is 102 Å². The van der Waals surface area contributed by atoms with Crippen molar-refractivity contribution in [3.8, 4) is 11.3 Å². The lowest BCUT2D eigenvalue weighted by molar-refractivity contribution is 0.195. The SMILES string of the molecule is COCCCc1cccc(-c2ccccn2)c1. The number of methoxy groups -OCH3 is 1. The van der Waals surface area contributed by atoms with Crippen molar-refractivity contribution in [2.75, 3.05) is 13.7 Å². The summed E-state index contributed by atoms with van der Waals surface area (Å²) in [6.07, 6.45) is 3.93. The first-order valence-electron chi connectivity index (χ1n) is 5.89.